The van der Waals surface area contributed by atoms with Crippen LogP contribution in [0.4, 0.5) is 4.39 Å². The van der Waals surface area contributed by atoms with Gasteiger partial charge in [0.1, 0.15) is 5.82 Å². The summed E-state index contributed by atoms with van der Waals surface area (Å²) in [4.78, 5) is 11.2. The first-order valence-corrected chi connectivity index (χ1v) is 7.67. The maximum absolute atomic E-state index is 13.3. The maximum Gasteiger partial charge on any atom is 0.338 e. The number of halogens is 1. The Bertz CT molecular complexity index is 725. The van der Waals surface area contributed by atoms with Crippen LogP contribution in [0.25, 0.3) is 0 Å². The van der Waals surface area contributed by atoms with Gasteiger partial charge in [-0.05, 0) is 48.7 Å². The zero-order chi connectivity index (χ0) is 15.6. The summed E-state index contributed by atoms with van der Waals surface area (Å²) in [5, 5.41) is 8.89. The number of carbonyl (C=O) groups is 1. The van der Waals surface area contributed by atoms with Crippen LogP contribution in [0.3, 0.4) is 0 Å². The third-order valence-corrected chi connectivity index (χ3v) is 4.68. The van der Waals surface area contributed by atoms with Crippen molar-refractivity contribution in [1.29, 1.82) is 0 Å². The predicted octanol–water partition coefficient (Wildman–Crippen LogP) is 3.45. The van der Waals surface area contributed by atoms with Gasteiger partial charge in [0.25, 0.3) is 0 Å². The molecule has 0 fully saturated rings. The van der Waals surface area contributed by atoms with Crippen LogP contribution in [0.5, 0.6) is 0 Å². The minimum atomic E-state index is -1.41. The summed E-state index contributed by atoms with van der Waals surface area (Å²) in [6.07, 6.45) is 0. The largest absolute Gasteiger partial charge is 0.478 e. The molecule has 0 saturated heterocycles. The van der Waals surface area contributed by atoms with Crippen LogP contribution >= 0.6 is 0 Å². The van der Waals surface area contributed by atoms with Gasteiger partial charge in [-0.1, -0.05) is 18.2 Å². The quantitative estimate of drug-likeness (QED) is 0.941. The molecule has 110 valence electrons. The van der Waals surface area contributed by atoms with Crippen molar-refractivity contribution in [2.45, 2.75) is 24.5 Å². The lowest BCUT2D eigenvalue weighted by atomic mass is 10.1. The second-order valence-electron chi connectivity index (χ2n) is 4.86. The molecule has 2 aromatic carbocycles. The standard InChI is InChI=1S/C16H15FO3S/c1-10-3-4-12(7-11(10)2)9-21(20)13-5-6-15(17)14(8-13)16(18)19/h3-8H,9H2,1-2H3,(H,18,19). The van der Waals surface area contributed by atoms with Crippen LogP contribution in [0.2, 0.25) is 0 Å². The highest BCUT2D eigenvalue weighted by Crippen LogP contribution is 2.18. The maximum atomic E-state index is 13.3. The van der Waals surface area contributed by atoms with Crippen LogP contribution < -0.4 is 0 Å². The molecular formula is C16H15FO3S. The summed E-state index contributed by atoms with van der Waals surface area (Å²) >= 11 is 0. The van der Waals surface area contributed by atoms with E-state index in [1.54, 1.807) is 0 Å². The Morgan fingerprint density at radius 2 is 1.86 bits per heavy atom. The Kier molecular flexibility index (Phi) is 4.53. The van der Waals surface area contributed by atoms with Gasteiger partial charge >= 0.3 is 5.97 Å². The van der Waals surface area contributed by atoms with E-state index >= 15 is 0 Å². The summed E-state index contributed by atoms with van der Waals surface area (Å²) < 4.78 is 25.6. The molecule has 0 amide bonds. The summed E-state index contributed by atoms with van der Waals surface area (Å²) in [6, 6.07) is 9.33. The molecule has 21 heavy (non-hydrogen) atoms. The topological polar surface area (TPSA) is 54.4 Å². The first kappa shape index (κ1) is 15.4. The molecule has 0 bridgehead atoms. The molecule has 0 aliphatic rings. The highest BCUT2D eigenvalue weighted by atomic mass is 32.2. The molecule has 2 rings (SSSR count). The van der Waals surface area contributed by atoms with Crippen molar-refractivity contribution in [3.63, 3.8) is 0 Å². The fourth-order valence-corrected chi connectivity index (χ4v) is 3.06. The second-order valence-corrected chi connectivity index (χ2v) is 6.31. The number of aryl methyl sites for hydroxylation is 2. The minimum Gasteiger partial charge on any atom is -0.478 e. The van der Waals surface area contributed by atoms with E-state index in [4.69, 9.17) is 5.11 Å². The predicted molar refractivity (Wildman–Crippen MR) is 79.4 cm³/mol. The minimum absolute atomic E-state index is 0.270. The van der Waals surface area contributed by atoms with Gasteiger partial charge in [-0.25, -0.2) is 9.18 Å². The van der Waals surface area contributed by atoms with E-state index in [9.17, 15) is 13.4 Å². The molecule has 0 saturated carbocycles. The lowest BCUT2D eigenvalue weighted by molar-refractivity contribution is 0.0691. The molecule has 1 N–H and O–H groups in total. The molecule has 2 aromatic rings. The SMILES string of the molecule is Cc1ccc(CS(=O)c2ccc(F)c(C(=O)O)c2)cc1C. The van der Waals surface area contributed by atoms with E-state index in [1.807, 2.05) is 32.0 Å². The zero-order valence-electron chi connectivity index (χ0n) is 11.7. The van der Waals surface area contributed by atoms with Crippen LogP contribution in [0, 0.1) is 19.7 Å². The molecule has 0 aliphatic heterocycles. The number of benzene rings is 2. The molecule has 0 spiro atoms. The molecule has 5 heteroatoms. The van der Waals surface area contributed by atoms with Crippen molar-refractivity contribution in [3.05, 3.63) is 64.5 Å². The number of hydrogen-bond donors (Lipinski definition) is 1. The Balaban J connectivity index is 2.26. The van der Waals surface area contributed by atoms with Gasteiger partial charge in [0.05, 0.1) is 22.1 Å². The number of carboxylic acids is 1. The summed E-state index contributed by atoms with van der Waals surface area (Å²) in [6.45, 7) is 3.97. The van der Waals surface area contributed by atoms with E-state index in [0.29, 0.717) is 4.90 Å². The van der Waals surface area contributed by atoms with Crippen molar-refractivity contribution in [3.8, 4) is 0 Å². The Labute approximate surface area is 124 Å². The van der Waals surface area contributed by atoms with Crippen LogP contribution in [0.1, 0.15) is 27.0 Å². The molecule has 0 heterocycles. The summed E-state index contributed by atoms with van der Waals surface area (Å²) in [7, 11) is -1.41. The van der Waals surface area contributed by atoms with Crippen molar-refractivity contribution in [2.75, 3.05) is 0 Å². The number of hydrogen-bond acceptors (Lipinski definition) is 2. The fourth-order valence-electron chi connectivity index (χ4n) is 1.94. The van der Waals surface area contributed by atoms with E-state index in [-0.39, 0.29) is 5.75 Å². The third-order valence-electron chi connectivity index (χ3n) is 3.30. The normalized spacial score (nSPS) is 12.1. The Hall–Kier alpha value is -2.01. The highest BCUT2D eigenvalue weighted by molar-refractivity contribution is 7.84. The van der Waals surface area contributed by atoms with Gasteiger partial charge in [-0.3, -0.25) is 4.21 Å². The van der Waals surface area contributed by atoms with Crippen molar-refractivity contribution in [2.24, 2.45) is 0 Å². The average Bonchev–Trinajstić information content (AvgIpc) is 2.43. The lowest BCUT2D eigenvalue weighted by Gasteiger charge is -2.07. The van der Waals surface area contributed by atoms with E-state index in [2.05, 4.69) is 0 Å². The summed E-state index contributed by atoms with van der Waals surface area (Å²) in [5.41, 5.74) is 2.70. The monoisotopic (exact) mass is 306 g/mol. The van der Waals surface area contributed by atoms with Crippen molar-refractivity contribution in [1.82, 2.24) is 0 Å². The van der Waals surface area contributed by atoms with Crippen LogP contribution in [-0.2, 0) is 16.6 Å². The van der Waals surface area contributed by atoms with Crippen LogP contribution in [-0.4, -0.2) is 15.3 Å². The number of rotatable bonds is 4. The molecule has 0 radical (unpaired) electrons. The van der Waals surface area contributed by atoms with Gasteiger partial charge in [-0.15, -0.1) is 0 Å². The first-order valence-electron chi connectivity index (χ1n) is 6.36. The van der Waals surface area contributed by atoms with E-state index < -0.39 is 28.1 Å². The van der Waals surface area contributed by atoms with Gasteiger partial charge in [0.15, 0.2) is 0 Å². The molecule has 0 aromatic heterocycles. The molecular weight excluding hydrogens is 291 g/mol. The fraction of sp³-hybridized carbons (Fsp3) is 0.188. The second kappa shape index (κ2) is 6.18. The number of carboxylic acid groups (broad SMARTS) is 1. The van der Waals surface area contributed by atoms with Crippen molar-refractivity contribution >= 4 is 16.8 Å². The first-order chi connectivity index (χ1) is 9.88. The molecule has 1 unspecified atom stereocenters. The van der Waals surface area contributed by atoms with E-state index in [0.717, 1.165) is 28.8 Å². The van der Waals surface area contributed by atoms with Gasteiger partial charge in [0, 0.05) is 4.90 Å². The Morgan fingerprint density at radius 3 is 2.48 bits per heavy atom. The Morgan fingerprint density at radius 1 is 1.14 bits per heavy atom. The number of aromatic carboxylic acids is 1. The third kappa shape index (κ3) is 3.55. The van der Waals surface area contributed by atoms with Gasteiger partial charge in [0.2, 0.25) is 0 Å². The average molecular weight is 306 g/mol. The van der Waals surface area contributed by atoms with Gasteiger partial charge < -0.3 is 5.11 Å². The smallest absolute Gasteiger partial charge is 0.338 e. The highest BCUT2D eigenvalue weighted by Gasteiger charge is 2.14. The van der Waals surface area contributed by atoms with Crippen molar-refractivity contribution < 1.29 is 18.5 Å². The zero-order valence-corrected chi connectivity index (χ0v) is 12.5. The van der Waals surface area contributed by atoms with Gasteiger partial charge in [-0.2, -0.15) is 0 Å². The lowest BCUT2D eigenvalue weighted by Crippen LogP contribution is -2.04. The van der Waals surface area contributed by atoms with E-state index in [1.165, 1.54) is 6.07 Å². The molecule has 1 atom stereocenters. The molecule has 3 nitrogen and oxygen atoms in total. The van der Waals surface area contributed by atoms with Crippen LogP contribution in [0.15, 0.2) is 41.3 Å². The summed E-state index contributed by atoms with van der Waals surface area (Å²) in [5.74, 6) is -1.92. The molecule has 0 aliphatic carbocycles.